The molecule has 1 fully saturated rings. The maximum atomic E-state index is 13.4. The SMILES string of the molecule is CO[C@H](C)[C@@H](COCCC(=O)N1CCC(c2ncc(C(F)(F)F)cn2)CC1)Nc1cn[nH]c(=O)c1C(F)(F)F. The number of nitrogens with one attached hydrogen (secondary N) is 2. The fourth-order valence-electron chi connectivity index (χ4n) is 4.06. The lowest BCUT2D eigenvalue weighted by Crippen LogP contribution is -2.40. The van der Waals surface area contributed by atoms with Gasteiger partial charge in [0, 0.05) is 38.5 Å². The van der Waals surface area contributed by atoms with Crippen molar-refractivity contribution in [3.05, 3.63) is 45.9 Å². The number of amides is 1. The molecular formula is C23H28F6N6O4. The van der Waals surface area contributed by atoms with E-state index in [1.807, 2.05) is 0 Å². The maximum absolute atomic E-state index is 13.4. The van der Waals surface area contributed by atoms with Crippen molar-refractivity contribution in [1.82, 2.24) is 25.1 Å². The normalized spacial score (nSPS) is 16.7. The Morgan fingerprint density at radius 2 is 1.77 bits per heavy atom. The molecule has 0 saturated carbocycles. The van der Waals surface area contributed by atoms with Crippen LogP contribution in [0.4, 0.5) is 32.0 Å². The molecule has 0 radical (unpaired) electrons. The summed E-state index contributed by atoms with van der Waals surface area (Å²) in [5.74, 6) is -0.0750. The molecule has 216 valence electrons. The molecule has 16 heteroatoms. The van der Waals surface area contributed by atoms with Crippen LogP contribution in [0.25, 0.3) is 0 Å². The zero-order valence-electron chi connectivity index (χ0n) is 21.1. The van der Waals surface area contributed by atoms with E-state index in [1.54, 1.807) is 16.9 Å². The van der Waals surface area contributed by atoms with Crippen molar-refractivity contribution in [2.24, 2.45) is 0 Å². The lowest BCUT2D eigenvalue weighted by molar-refractivity contribution is -0.139. The monoisotopic (exact) mass is 566 g/mol. The minimum absolute atomic E-state index is 0.00981. The molecule has 1 saturated heterocycles. The van der Waals surface area contributed by atoms with Gasteiger partial charge in [0.15, 0.2) is 0 Å². The molecular weight excluding hydrogens is 538 g/mol. The minimum atomic E-state index is -4.92. The summed E-state index contributed by atoms with van der Waals surface area (Å²) in [6.07, 6.45) is -6.72. The Morgan fingerprint density at radius 1 is 1.13 bits per heavy atom. The number of anilines is 1. The van der Waals surface area contributed by atoms with Crippen molar-refractivity contribution in [3.8, 4) is 0 Å². The van der Waals surface area contributed by atoms with Gasteiger partial charge in [0.1, 0.15) is 11.4 Å². The molecule has 0 aliphatic carbocycles. The summed E-state index contributed by atoms with van der Waals surface area (Å²) in [7, 11) is 1.36. The van der Waals surface area contributed by atoms with Gasteiger partial charge in [-0.25, -0.2) is 15.1 Å². The third kappa shape index (κ3) is 8.11. The highest BCUT2D eigenvalue weighted by Gasteiger charge is 2.38. The van der Waals surface area contributed by atoms with Gasteiger partial charge in [-0.1, -0.05) is 0 Å². The van der Waals surface area contributed by atoms with Crippen molar-refractivity contribution in [3.63, 3.8) is 0 Å². The van der Waals surface area contributed by atoms with Crippen molar-refractivity contribution in [2.45, 2.75) is 56.6 Å². The average molecular weight is 567 g/mol. The van der Waals surface area contributed by atoms with E-state index >= 15 is 0 Å². The predicted molar refractivity (Wildman–Crippen MR) is 125 cm³/mol. The molecule has 0 spiro atoms. The van der Waals surface area contributed by atoms with Crippen LogP contribution >= 0.6 is 0 Å². The maximum Gasteiger partial charge on any atom is 0.423 e. The van der Waals surface area contributed by atoms with Gasteiger partial charge < -0.3 is 19.7 Å². The zero-order chi connectivity index (χ0) is 28.8. The van der Waals surface area contributed by atoms with Crippen LogP contribution in [0.1, 0.15) is 49.1 Å². The molecule has 2 atom stereocenters. The summed E-state index contributed by atoms with van der Waals surface area (Å²) in [6, 6.07) is -0.797. The standard InChI is InChI=1S/C23H28F6N6O4/c1-13(38-2)17(33-16-11-32-34-21(37)19(16)23(27,28)29)12-39-8-5-18(36)35-6-3-14(4-7-35)20-30-9-15(10-31-20)22(24,25)26/h9-11,13-14,17H,3-8,12H2,1-2H3,(H2,33,34,37)/t13-,17-/m1/s1. The van der Waals surface area contributed by atoms with Gasteiger partial charge in [-0.3, -0.25) is 9.59 Å². The second-order valence-electron chi connectivity index (χ2n) is 8.98. The molecule has 1 aliphatic rings. The van der Waals surface area contributed by atoms with E-state index in [0.717, 1.165) is 18.6 Å². The van der Waals surface area contributed by atoms with Gasteiger partial charge in [-0.2, -0.15) is 31.4 Å². The number of hydrogen-bond acceptors (Lipinski definition) is 8. The number of aromatic amines is 1. The second kappa shape index (κ2) is 12.7. The Balaban J connectivity index is 1.48. The number of rotatable bonds is 10. The molecule has 1 amide bonds. The van der Waals surface area contributed by atoms with Crippen molar-refractivity contribution in [1.29, 1.82) is 0 Å². The molecule has 2 aromatic rings. The number of carbonyl (C=O) groups is 1. The number of hydrogen-bond donors (Lipinski definition) is 2. The fourth-order valence-corrected chi connectivity index (χ4v) is 4.06. The van der Waals surface area contributed by atoms with E-state index in [-0.39, 0.29) is 31.5 Å². The smallest absolute Gasteiger partial charge is 0.380 e. The van der Waals surface area contributed by atoms with Gasteiger partial charge in [0.2, 0.25) is 5.91 Å². The molecule has 0 aromatic carbocycles. The van der Waals surface area contributed by atoms with Crippen LogP contribution < -0.4 is 10.9 Å². The van der Waals surface area contributed by atoms with Crippen LogP contribution in [0, 0.1) is 0 Å². The number of methoxy groups -OCH3 is 1. The number of nitrogens with zero attached hydrogens (tertiary/aromatic N) is 4. The lowest BCUT2D eigenvalue weighted by atomic mass is 9.95. The fraction of sp³-hybridized carbons (Fsp3) is 0.609. The van der Waals surface area contributed by atoms with Gasteiger partial charge in [0.05, 0.1) is 49.2 Å². The Morgan fingerprint density at radius 3 is 2.33 bits per heavy atom. The van der Waals surface area contributed by atoms with Crippen LogP contribution in [-0.2, 0) is 26.6 Å². The van der Waals surface area contributed by atoms with E-state index in [1.165, 1.54) is 7.11 Å². The Hall–Kier alpha value is -3.27. The van der Waals surface area contributed by atoms with Gasteiger partial charge in [-0.15, -0.1) is 0 Å². The van der Waals surface area contributed by atoms with E-state index in [9.17, 15) is 35.9 Å². The first-order valence-corrected chi connectivity index (χ1v) is 12.0. The summed E-state index contributed by atoms with van der Waals surface area (Å²) in [6.45, 7) is 2.20. The molecule has 2 aromatic heterocycles. The number of aromatic nitrogens is 4. The molecule has 0 bridgehead atoms. The molecule has 0 unspecified atom stereocenters. The van der Waals surface area contributed by atoms with E-state index < -0.39 is 46.9 Å². The number of ether oxygens (including phenoxy) is 2. The first-order chi connectivity index (χ1) is 18.3. The summed E-state index contributed by atoms with van der Waals surface area (Å²) in [5.41, 5.74) is -4.27. The Bertz CT molecular complexity index is 1150. The largest absolute Gasteiger partial charge is 0.423 e. The number of piperidine rings is 1. The summed E-state index contributed by atoms with van der Waals surface area (Å²) >= 11 is 0. The van der Waals surface area contributed by atoms with E-state index in [2.05, 4.69) is 20.4 Å². The average Bonchev–Trinajstić information content (AvgIpc) is 2.88. The van der Waals surface area contributed by atoms with Crippen LogP contribution in [0.2, 0.25) is 0 Å². The molecule has 39 heavy (non-hydrogen) atoms. The Kier molecular flexibility index (Phi) is 9.88. The molecule has 3 heterocycles. The molecule has 3 rings (SSSR count). The number of alkyl halides is 6. The van der Waals surface area contributed by atoms with Crippen molar-refractivity contribution in [2.75, 3.05) is 38.7 Å². The van der Waals surface area contributed by atoms with Crippen LogP contribution in [-0.4, -0.2) is 76.5 Å². The first kappa shape index (κ1) is 30.3. The second-order valence-corrected chi connectivity index (χ2v) is 8.98. The lowest BCUT2D eigenvalue weighted by Gasteiger charge is -2.31. The molecule has 2 N–H and O–H groups in total. The van der Waals surface area contributed by atoms with Crippen LogP contribution in [0.5, 0.6) is 0 Å². The molecule has 10 nitrogen and oxygen atoms in total. The van der Waals surface area contributed by atoms with Crippen molar-refractivity contribution < 1.29 is 40.6 Å². The van der Waals surface area contributed by atoms with Crippen LogP contribution in [0.3, 0.4) is 0 Å². The summed E-state index contributed by atoms with van der Waals surface area (Å²) in [4.78, 5) is 33.6. The Labute approximate surface area is 219 Å². The number of halogens is 6. The topological polar surface area (TPSA) is 122 Å². The number of H-pyrrole nitrogens is 1. The van der Waals surface area contributed by atoms with Crippen LogP contribution in [0.15, 0.2) is 23.4 Å². The van der Waals surface area contributed by atoms with Gasteiger partial charge in [0.25, 0.3) is 5.56 Å². The summed E-state index contributed by atoms with van der Waals surface area (Å²) in [5, 5.41) is 7.79. The van der Waals surface area contributed by atoms with Gasteiger partial charge >= 0.3 is 12.4 Å². The van der Waals surface area contributed by atoms with Crippen molar-refractivity contribution >= 4 is 11.6 Å². The summed E-state index contributed by atoms with van der Waals surface area (Å²) < 4.78 is 88.9. The predicted octanol–water partition coefficient (Wildman–Crippen LogP) is 3.23. The third-order valence-electron chi connectivity index (χ3n) is 6.39. The zero-order valence-corrected chi connectivity index (χ0v) is 21.1. The van der Waals surface area contributed by atoms with E-state index in [4.69, 9.17) is 9.47 Å². The molecule has 1 aliphatic heterocycles. The number of carbonyl (C=O) groups excluding carboxylic acids is 1. The number of likely N-dealkylation sites (tertiary alicyclic amines) is 1. The highest BCUT2D eigenvalue weighted by molar-refractivity contribution is 5.76. The quantitative estimate of drug-likeness (QED) is 0.332. The highest BCUT2D eigenvalue weighted by atomic mass is 19.4. The highest BCUT2D eigenvalue weighted by Crippen LogP contribution is 2.32. The van der Waals surface area contributed by atoms with Gasteiger partial charge in [-0.05, 0) is 19.8 Å². The third-order valence-corrected chi connectivity index (χ3v) is 6.39. The van der Waals surface area contributed by atoms with E-state index in [0.29, 0.717) is 31.8 Å². The first-order valence-electron chi connectivity index (χ1n) is 12.0. The minimum Gasteiger partial charge on any atom is -0.380 e.